The molecule has 0 aliphatic carbocycles. The van der Waals surface area contributed by atoms with E-state index in [0.717, 1.165) is 56.8 Å². The molecule has 0 atom stereocenters. The Balaban J connectivity index is 1.92. The quantitative estimate of drug-likeness (QED) is 0.301. The molecule has 5 nitrogen and oxygen atoms in total. The average Bonchev–Trinajstić information content (AvgIpc) is 3.29. The number of fused-ring (bicyclic) bond motifs is 1. The summed E-state index contributed by atoms with van der Waals surface area (Å²) in [7, 11) is 0. The number of allylic oxidation sites excluding steroid dienone is 1. The van der Waals surface area contributed by atoms with E-state index in [1.165, 1.54) is 0 Å². The summed E-state index contributed by atoms with van der Waals surface area (Å²) in [6, 6.07) is 23.9. The van der Waals surface area contributed by atoms with Gasteiger partial charge in [-0.1, -0.05) is 49.4 Å². The number of H-pyrrole nitrogens is 1. The van der Waals surface area contributed by atoms with Gasteiger partial charge in [-0.05, 0) is 70.2 Å². The molecule has 4 aromatic rings. The molecule has 1 heterocycles. The number of hydrogen-bond donors (Lipinski definition) is 2. The van der Waals surface area contributed by atoms with E-state index in [9.17, 15) is 10.1 Å². The van der Waals surface area contributed by atoms with Gasteiger partial charge in [0, 0.05) is 11.5 Å². The topological polar surface area (TPSA) is 89.8 Å². The van der Waals surface area contributed by atoms with Crippen LogP contribution in [0.4, 0.5) is 0 Å². The maximum atomic E-state index is 10.8. The molecular weight excluding hydrogens is 398 g/mol. The zero-order chi connectivity index (χ0) is 22.5. The third kappa shape index (κ3) is 4.35. The number of carboxylic acids is 1. The Bertz CT molecular complexity index is 1390. The van der Waals surface area contributed by atoms with Crippen LogP contribution in [-0.4, -0.2) is 21.3 Å². The number of hydrogen-bond acceptors (Lipinski definition) is 3. The van der Waals surface area contributed by atoms with Crippen molar-refractivity contribution in [2.75, 3.05) is 0 Å². The third-order valence-electron chi connectivity index (χ3n) is 5.34. The van der Waals surface area contributed by atoms with E-state index in [1.54, 1.807) is 18.3 Å². The number of nitriles is 1. The molecule has 0 bridgehead atoms. The summed E-state index contributed by atoms with van der Waals surface area (Å²) in [6.45, 7) is 2.11. The normalized spacial score (nSPS) is 12.0. The number of aromatic nitrogens is 2. The molecule has 0 aliphatic rings. The number of aliphatic carboxylic acids is 1. The molecule has 4 rings (SSSR count). The standard InChI is InChI=1S/C27H21N3O2/c1-2-24(21-5-3-4-19(14-21)16-28)27(22-11-12-25-23(15-22)17-29-30-25)20-9-6-18(7-10-20)8-13-26(31)32/h3-15,17H,2H2,1H3,(H,29,30)(H,31,32)/b13-8+,27-24+. The molecule has 2 N–H and O–H groups in total. The Kier molecular flexibility index (Phi) is 5.96. The zero-order valence-corrected chi connectivity index (χ0v) is 17.5. The lowest BCUT2D eigenvalue weighted by molar-refractivity contribution is -0.131. The summed E-state index contributed by atoms with van der Waals surface area (Å²) >= 11 is 0. The van der Waals surface area contributed by atoms with Crippen LogP contribution < -0.4 is 0 Å². The molecule has 0 spiro atoms. The summed E-state index contributed by atoms with van der Waals surface area (Å²) in [4.78, 5) is 10.8. The van der Waals surface area contributed by atoms with E-state index in [1.807, 2.05) is 48.5 Å². The molecule has 0 amide bonds. The Hall–Kier alpha value is -4.43. The average molecular weight is 419 g/mol. The van der Waals surface area contributed by atoms with E-state index < -0.39 is 5.97 Å². The second-order valence-corrected chi connectivity index (χ2v) is 7.37. The van der Waals surface area contributed by atoms with Crippen molar-refractivity contribution in [3.05, 3.63) is 107 Å². The smallest absolute Gasteiger partial charge is 0.328 e. The number of nitrogens with one attached hydrogen (secondary N) is 1. The first-order chi connectivity index (χ1) is 15.6. The Morgan fingerprint density at radius 1 is 1.06 bits per heavy atom. The first-order valence-corrected chi connectivity index (χ1v) is 10.3. The second kappa shape index (κ2) is 9.15. The molecule has 0 aliphatic heterocycles. The van der Waals surface area contributed by atoms with E-state index in [-0.39, 0.29) is 0 Å². The van der Waals surface area contributed by atoms with Crippen molar-refractivity contribution in [2.45, 2.75) is 13.3 Å². The van der Waals surface area contributed by atoms with Crippen LogP contribution in [0.5, 0.6) is 0 Å². The predicted molar refractivity (Wildman–Crippen MR) is 127 cm³/mol. The Morgan fingerprint density at radius 3 is 2.56 bits per heavy atom. The molecule has 0 saturated heterocycles. The van der Waals surface area contributed by atoms with Crippen LogP contribution >= 0.6 is 0 Å². The minimum Gasteiger partial charge on any atom is -0.478 e. The Labute approximate surface area is 186 Å². The number of carboxylic acid groups (broad SMARTS) is 1. The lowest BCUT2D eigenvalue weighted by Crippen LogP contribution is -1.96. The molecule has 32 heavy (non-hydrogen) atoms. The van der Waals surface area contributed by atoms with Crippen molar-refractivity contribution in [1.29, 1.82) is 5.26 Å². The van der Waals surface area contributed by atoms with Gasteiger partial charge in [-0.2, -0.15) is 10.4 Å². The van der Waals surface area contributed by atoms with Crippen LogP contribution in [0, 0.1) is 11.3 Å². The lowest BCUT2D eigenvalue weighted by atomic mass is 9.87. The molecule has 1 aromatic heterocycles. The van der Waals surface area contributed by atoms with Crippen molar-refractivity contribution in [3.8, 4) is 6.07 Å². The van der Waals surface area contributed by atoms with Gasteiger partial charge in [-0.25, -0.2) is 4.79 Å². The van der Waals surface area contributed by atoms with Gasteiger partial charge < -0.3 is 5.11 Å². The van der Waals surface area contributed by atoms with E-state index >= 15 is 0 Å². The van der Waals surface area contributed by atoms with Crippen LogP contribution in [0.1, 0.15) is 41.2 Å². The molecular formula is C27H21N3O2. The Morgan fingerprint density at radius 2 is 1.84 bits per heavy atom. The number of nitrogens with zero attached hydrogens (tertiary/aromatic N) is 2. The van der Waals surface area contributed by atoms with E-state index in [2.05, 4.69) is 35.3 Å². The highest BCUT2D eigenvalue weighted by molar-refractivity contribution is 6.00. The first-order valence-electron chi connectivity index (χ1n) is 10.3. The minimum atomic E-state index is -0.978. The minimum absolute atomic E-state index is 0.618. The fraction of sp³-hybridized carbons (Fsp3) is 0.0741. The zero-order valence-electron chi connectivity index (χ0n) is 17.5. The highest BCUT2D eigenvalue weighted by Crippen LogP contribution is 2.35. The monoisotopic (exact) mass is 419 g/mol. The van der Waals surface area contributed by atoms with Gasteiger partial charge in [0.05, 0.1) is 23.3 Å². The van der Waals surface area contributed by atoms with Gasteiger partial charge in [0.2, 0.25) is 0 Å². The molecule has 3 aromatic carbocycles. The number of benzene rings is 3. The summed E-state index contributed by atoms with van der Waals surface area (Å²) in [6.07, 6.45) is 5.28. The van der Waals surface area contributed by atoms with Crippen LogP contribution in [0.2, 0.25) is 0 Å². The van der Waals surface area contributed by atoms with Gasteiger partial charge in [0.25, 0.3) is 0 Å². The molecule has 5 heteroatoms. The predicted octanol–water partition coefficient (Wildman–Crippen LogP) is 5.90. The van der Waals surface area contributed by atoms with Gasteiger partial charge in [-0.3, -0.25) is 5.10 Å². The highest BCUT2D eigenvalue weighted by Gasteiger charge is 2.14. The van der Waals surface area contributed by atoms with Gasteiger partial charge >= 0.3 is 5.97 Å². The fourth-order valence-electron chi connectivity index (χ4n) is 3.84. The molecule has 0 radical (unpaired) electrons. The summed E-state index contributed by atoms with van der Waals surface area (Å²) < 4.78 is 0. The maximum absolute atomic E-state index is 10.8. The first kappa shape index (κ1) is 20.8. The van der Waals surface area contributed by atoms with Gasteiger partial charge in [0.15, 0.2) is 0 Å². The fourth-order valence-corrected chi connectivity index (χ4v) is 3.84. The molecule has 156 valence electrons. The van der Waals surface area contributed by atoms with Crippen molar-refractivity contribution in [1.82, 2.24) is 10.2 Å². The molecule has 0 saturated carbocycles. The highest BCUT2D eigenvalue weighted by atomic mass is 16.4. The summed E-state index contributed by atoms with van der Waals surface area (Å²) in [5, 5.41) is 26.4. The van der Waals surface area contributed by atoms with Crippen molar-refractivity contribution >= 4 is 34.1 Å². The van der Waals surface area contributed by atoms with E-state index in [0.29, 0.717) is 5.56 Å². The van der Waals surface area contributed by atoms with Crippen LogP contribution in [0.3, 0.4) is 0 Å². The second-order valence-electron chi connectivity index (χ2n) is 7.37. The molecule has 0 unspecified atom stereocenters. The van der Waals surface area contributed by atoms with Crippen LogP contribution in [0.25, 0.3) is 28.1 Å². The SMILES string of the molecule is CC/C(=C(/c1ccc(/C=C/C(=O)O)cc1)c1ccc2[nH]ncc2c1)c1cccc(C#N)c1. The maximum Gasteiger partial charge on any atom is 0.328 e. The van der Waals surface area contributed by atoms with Gasteiger partial charge in [0.1, 0.15) is 0 Å². The summed E-state index contributed by atoms with van der Waals surface area (Å²) in [5.41, 5.74) is 7.65. The van der Waals surface area contributed by atoms with E-state index in [4.69, 9.17) is 5.11 Å². The number of aromatic amines is 1. The number of carbonyl (C=O) groups is 1. The van der Waals surface area contributed by atoms with Gasteiger partial charge in [-0.15, -0.1) is 0 Å². The largest absolute Gasteiger partial charge is 0.478 e. The van der Waals surface area contributed by atoms with Crippen molar-refractivity contribution in [2.24, 2.45) is 0 Å². The van der Waals surface area contributed by atoms with Crippen LogP contribution in [0.15, 0.2) is 79.0 Å². The van der Waals surface area contributed by atoms with Crippen LogP contribution in [-0.2, 0) is 4.79 Å². The lowest BCUT2D eigenvalue weighted by Gasteiger charge is -2.17. The third-order valence-corrected chi connectivity index (χ3v) is 5.34. The van der Waals surface area contributed by atoms with Crippen molar-refractivity contribution < 1.29 is 9.90 Å². The number of rotatable bonds is 6. The summed E-state index contributed by atoms with van der Waals surface area (Å²) in [5.74, 6) is -0.978. The van der Waals surface area contributed by atoms with Crippen molar-refractivity contribution in [3.63, 3.8) is 0 Å². The molecule has 0 fully saturated rings.